The first-order valence-corrected chi connectivity index (χ1v) is 11.1. The number of ether oxygens (including phenoxy) is 1. The predicted octanol–water partition coefficient (Wildman–Crippen LogP) is 4.75. The smallest absolute Gasteiger partial charge is 0.409 e. The number of nitriles is 1. The molecule has 8 heteroatoms. The van der Waals surface area contributed by atoms with Crippen LogP contribution in [0.25, 0.3) is 0 Å². The van der Waals surface area contributed by atoms with E-state index in [4.69, 9.17) is 16.3 Å². The largest absolute Gasteiger partial charge is 0.449 e. The summed E-state index contributed by atoms with van der Waals surface area (Å²) in [5.74, 6) is 0.428. The number of rotatable bonds is 6. The maximum absolute atomic E-state index is 12.6. The number of anilines is 1. The molecular formula is C24H29ClN4O3. The molecule has 2 heterocycles. The number of pyridine rings is 1. The molecule has 1 unspecified atom stereocenters. The summed E-state index contributed by atoms with van der Waals surface area (Å²) in [7, 11) is 0. The van der Waals surface area contributed by atoms with Gasteiger partial charge in [0.2, 0.25) is 0 Å². The van der Waals surface area contributed by atoms with Gasteiger partial charge in [-0.25, -0.2) is 9.78 Å². The Balaban J connectivity index is 1.80. The van der Waals surface area contributed by atoms with Gasteiger partial charge in [-0.2, -0.15) is 5.26 Å². The van der Waals surface area contributed by atoms with Crippen LogP contribution in [0.15, 0.2) is 42.6 Å². The number of hydrogen-bond acceptors (Lipinski definition) is 6. The number of aromatic nitrogens is 1. The lowest BCUT2D eigenvalue weighted by Crippen LogP contribution is -2.42. The van der Waals surface area contributed by atoms with Gasteiger partial charge in [-0.3, -0.25) is 0 Å². The zero-order valence-corrected chi connectivity index (χ0v) is 19.4. The first-order chi connectivity index (χ1) is 15.2. The maximum Gasteiger partial charge on any atom is 0.409 e. The molecule has 1 saturated heterocycles. The third-order valence-electron chi connectivity index (χ3n) is 5.45. The fourth-order valence-electron chi connectivity index (χ4n) is 3.66. The number of benzene rings is 1. The van der Waals surface area contributed by atoms with Crippen molar-refractivity contribution in [2.75, 3.05) is 24.6 Å². The second kappa shape index (κ2) is 10.2. The minimum atomic E-state index is -1.09. The van der Waals surface area contributed by atoms with Crippen LogP contribution >= 0.6 is 11.6 Å². The van der Waals surface area contributed by atoms with E-state index in [0.717, 1.165) is 6.42 Å². The highest BCUT2D eigenvalue weighted by atomic mass is 35.5. The van der Waals surface area contributed by atoms with Crippen molar-refractivity contribution in [2.24, 2.45) is 5.41 Å². The number of hydrogen-bond donors (Lipinski definition) is 1. The number of nitrogens with zero attached hydrogens (tertiary/aromatic N) is 4. The van der Waals surface area contributed by atoms with Crippen molar-refractivity contribution in [3.63, 3.8) is 0 Å². The fourth-order valence-corrected chi connectivity index (χ4v) is 3.87. The van der Waals surface area contributed by atoms with Gasteiger partial charge < -0.3 is 19.6 Å². The minimum absolute atomic E-state index is 0.0857. The predicted molar refractivity (Wildman–Crippen MR) is 123 cm³/mol. The summed E-state index contributed by atoms with van der Waals surface area (Å²) in [6, 6.07) is 12.1. The maximum atomic E-state index is 12.6. The van der Waals surface area contributed by atoms with Gasteiger partial charge >= 0.3 is 6.09 Å². The van der Waals surface area contributed by atoms with E-state index < -0.39 is 6.23 Å². The van der Waals surface area contributed by atoms with Crippen LogP contribution in [-0.4, -0.2) is 46.8 Å². The number of amides is 1. The van der Waals surface area contributed by atoms with Crippen molar-refractivity contribution in [1.29, 1.82) is 5.26 Å². The lowest BCUT2D eigenvalue weighted by Gasteiger charge is -2.35. The van der Waals surface area contributed by atoms with Gasteiger partial charge in [-0.05, 0) is 42.5 Å². The van der Waals surface area contributed by atoms with Gasteiger partial charge in [-0.15, -0.1) is 0 Å². The average Bonchev–Trinajstić information content (AvgIpc) is 3.24. The summed E-state index contributed by atoms with van der Waals surface area (Å²) in [5.41, 5.74) is 1.09. The van der Waals surface area contributed by atoms with Crippen LogP contribution in [0.2, 0.25) is 5.02 Å². The fraction of sp³-hybridized carbons (Fsp3) is 0.458. The third-order valence-corrected chi connectivity index (χ3v) is 5.75. The normalized spacial score (nSPS) is 17.0. The molecule has 1 N–H and O–H groups in total. The first-order valence-electron chi connectivity index (χ1n) is 10.7. The Morgan fingerprint density at radius 3 is 2.88 bits per heavy atom. The van der Waals surface area contributed by atoms with E-state index in [0.29, 0.717) is 48.1 Å². The van der Waals surface area contributed by atoms with Crippen LogP contribution in [0, 0.1) is 16.7 Å². The van der Waals surface area contributed by atoms with E-state index in [1.807, 2.05) is 0 Å². The molecule has 0 aliphatic carbocycles. The lowest BCUT2D eigenvalue weighted by atomic mass is 9.93. The molecule has 7 nitrogen and oxygen atoms in total. The molecule has 0 spiro atoms. The molecule has 2 aromatic rings. The van der Waals surface area contributed by atoms with Crippen LogP contribution in [0.4, 0.5) is 10.6 Å². The average molecular weight is 457 g/mol. The van der Waals surface area contributed by atoms with Gasteiger partial charge in [0.25, 0.3) is 0 Å². The zero-order chi connectivity index (χ0) is 23.3. The number of aliphatic hydroxyl groups excluding tert-OH is 1. The van der Waals surface area contributed by atoms with Crippen molar-refractivity contribution in [3.05, 3.63) is 58.7 Å². The molecule has 1 amide bonds. The van der Waals surface area contributed by atoms with Gasteiger partial charge in [0.1, 0.15) is 5.82 Å². The van der Waals surface area contributed by atoms with E-state index in [2.05, 4.69) is 31.8 Å². The van der Waals surface area contributed by atoms with Gasteiger partial charge in [0.15, 0.2) is 6.23 Å². The summed E-state index contributed by atoms with van der Waals surface area (Å²) in [6.07, 6.45) is 1.57. The summed E-state index contributed by atoms with van der Waals surface area (Å²) in [4.78, 5) is 20.3. The molecule has 1 aliphatic heterocycles. The lowest BCUT2D eigenvalue weighted by molar-refractivity contribution is 0.0977. The van der Waals surface area contributed by atoms with E-state index in [-0.39, 0.29) is 17.6 Å². The Hall–Kier alpha value is -2.82. The topological polar surface area (TPSA) is 89.7 Å². The van der Waals surface area contributed by atoms with E-state index >= 15 is 0 Å². The molecule has 1 aromatic heterocycles. The Morgan fingerprint density at radius 2 is 2.19 bits per heavy atom. The number of halogens is 1. The molecule has 1 aromatic carbocycles. The first kappa shape index (κ1) is 23.8. The van der Waals surface area contributed by atoms with Crippen LogP contribution in [0.3, 0.4) is 0 Å². The van der Waals surface area contributed by atoms with Crippen molar-refractivity contribution in [2.45, 2.75) is 45.9 Å². The number of aliphatic hydroxyl groups is 1. The van der Waals surface area contributed by atoms with Crippen molar-refractivity contribution < 1.29 is 14.6 Å². The Kier molecular flexibility index (Phi) is 7.60. The third kappa shape index (κ3) is 5.90. The van der Waals surface area contributed by atoms with Gasteiger partial charge in [0, 0.05) is 24.8 Å². The second-order valence-corrected chi connectivity index (χ2v) is 9.55. The summed E-state index contributed by atoms with van der Waals surface area (Å²) in [5, 5.41) is 20.9. The molecule has 3 rings (SSSR count). The molecule has 32 heavy (non-hydrogen) atoms. The number of likely N-dealkylation sites (tertiary alicyclic amines) is 1. The summed E-state index contributed by atoms with van der Waals surface area (Å²) < 4.78 is 5.46. The molecule has 1 fully saturated rings. The van der Waals surface area contributed by atoms with Crippen LogP contribution < -0.4 is 4.90 Å². The summed E-state index contributed by atoms with van der Waals surface area (Å²) >= 11 is 6.42. The molecular weight excluding hydrogens is 428 g/mol. The Bertz CT molecular complexity index is 986. The molecule has 0 saturated carbocycles. The standard InChI is InChI=1S/C24H29ClN4O3/c1-24(2,3)10-13-32-23(31)28-12-9-19(16-28)29(21-20(25)8-5-11-27-21)22(30)18-7-4-6-17(14-18)15-26/h4-8,11,14,19,22,30H,9-10,12-13,16H2,1-3H3/t19-,22?/m0/s1. The molecule has 1 aliphatic rings. The van der Waals surface area contributed by atoms with Gasteiger partial charge in [0.05, 0.1) is 29.3 Å². The Labute approximate surface area is 194 Å². The SMILES string of the molecule is CC(C)(C)CCOC(=O)N1CC[C@H](N(c2ncccc2Cl)C(O)c2cccc(C#N)c2)C1. The quantitative estimate of drug-likeness (QED) is 0.631. The highest BCUT2D eigenvalue weighted by Gasteiger charge is 2.36. The molecule has 0 radical (unpaired) electrons. The van der Waals surface area contributed by atoms with Crippen LogP contribution in [0.1, 0.15) is 51.0 Å². The number of carbonyl (C=O) groups excluding carboxylic acids is 1. The minimum Gasteiger partial charge on any atom is -0.449 e. The highest BCUT2D eigenvalue weighted by Crippen LogP contribution is 2.34. The molecule has 0 bridgehead atoms. The van der Waals surface area contributed by atoms with E-state index in [1.165, 1.54) is 0 Å². The van der Waals surface area contributed by atoms with E-state index in [1.54, 1.807) is 52.4 Å². The van der Waals surface area contributed by atoms with Crippen LogP contribution in [0.5, 0.6) is 0 Å². The summed E-state index contributed by atoms with van der Waals surface area (Å²) in [6.45, 7) is 7.54. The number of carbonyl (C=O) groups is 1. The van der Waals surface area contributed by atoms with Gasteiger partial charge in [-0.1, -0.05) is 44.5 Å². The second-order valence-electron chi connectivity index (χ2n) is 9.14. The van der Waals surface area contributed by atoms with Crippen LogP contribution in [-0.2, 0) is 4.74 Å². The molecule has 2 atom stereocenters. The van der Waals surface area contributed by atoms with Crippen molar-refractivity contribution in [1.82, 2.24) is 9.88 Å². The van der Waals surface area contributed by atoms with Crippen molar-refractivity contribution >= 4 is 23.5 Å². The highest BCUT2D eigenvalue weighted by molar-refractivity contribution is 6.32. The molecule has 170 valence electrons. The Morgan fingerprint density at radius 1 is 1.41 bits per heavy atom. The van der Waals surface area contributed by atoms with E-state index in [9.17, 15) is 15.2 Å². The zero-order valence-electron chi connectivity index (χ0n) is 18.7. The van der Waals surface area contributed by atoms with Crippen molar-refractivity contribution in [3.8, 4) is 6.07 Å². The monoisotopic (exact) mass is 456 g/mol.